The number of aryl methyl sites for hydroxylation is 3. The minimum atomic E-state index is 0.118. The standard InChI is InChI=1S/C16H27NO3/c1-12-9-13(2)16(14(3)10-12)20-8-7-19-6-5-17-15(4)11-18/h9-10,15,17-18H,5-8,11H2,1-4H3/t15-/m0/s1. The van der Waals surface area contributed by atoms with Gasteiger partial charge in [0.05, 0.1) is 19.8 Å². The molecule has 0 aromatic heterocycles. The van der Waals surface area contributed by atoms with Crippen molar-refractivity contribution in [2.45, 2.75) is 33.7 Å². The lowest BCUT2D eigenvalue weighted by atomic mass is 10.1. The summed E-state index contributed by atoms with van der Waals surface area (Å²) in [4.78, 5) is 0. The van der Waals surface area contributed by atoms with Crippen molar-refractivity contribution < 1.29 is 14.6 Å². The Bertz CT molecular complexity index is 384. The maximum atomic E-state index is 8.85. The van der Waals surface area contributed by atoms with E-state index in [1.807, 2.05) is 6.92 Å². The number of hydrogen-bond donors (Lipinski definition) is 2. The van der Waals surface area contributed by atoms with Gasteiger partial charge >= 0.3 is 0 Å². The Morgan fingerprint density at radius 3 is 2.35 bits per heavy atom. The Labute approximate surface area is 122 Å². The average Bonchev–Trinajstić information content (AvgIpc) is 2.39. The number of aliphatic hydroxyl groups excluding tert-OH is 1. The highest BCUT2D eigenvalue weighted by molar-refractivity contribution is 5.42. The van der Waals surface area contributed by atoms with Crippen molar-refractivity contribution in [2.75, 3.05) is 33.0 Å². The molecule has 0 aliphatic rings. The van der Waals surface area contributed by atoms with Crippen LogP contribution in [0.15, 0.2) is 12.1 Å². The van der Waals surface area contributed by atoms with Crippen LogP contribution in [0.1, 0.15) is 23.6 Å². The number of rotatable bonds is 9. The van der Waals surface area contributed by atoms with Gasteiger partial charge in [0.15, 0.2) is 0 Å². The van der Waals surface area contributed by atoms with Crippen LogP contribution in [0.3, 0.4) is 0 Å². The molecule has 0 saturated heterocycles. The van der Waals surface area contributed by atoms with Gasteiger partial charge in [-0.1, -0.05) is 17.7 Å². The lowest BCUT2D eigenvalue weighted by molar-refractivity contribution is 0.0984. The summed E-state index contributed by atoms with van der Waals surface area (Å²) in [5, 5.41) is 12.0. The van der Waals surface area contributed by atoms with Gasteiger partial charge in [0, 0.05) is 12.6 Å². The fraction of sp³-hybridized carbons (Fsp3) is 0.625. The molecule has 20 heavy (non-hydrogen) atoms. The molecule has 0 aliphatic heterocycles. The zero-order valence-electron chi connectivity index (χ0n) is 13.0. The first kappa shape index (κ1) is 17.0. The third kappa shape index (κ3) is 5.90. The fourth-order valence-electron chi connectivity index (χ4n) is 2.14. The Hall–Kier alpha value is -1.10. The topological polar surface area (TPSA) is 50.7 Å². The van der Waals surface area contributed by atoms with Crippen molar-refractivity contribution in [1.82, 2.24) is 5.32 Å². The molecule has 0 spiro atoms. The van der Waals surface area contributed by atoms with Gasteiger partial charge in [-0.3, -0.25) is 0 Å². The van der Waals surface area contributed by atoms with E-state index >= 15 is 0 Å². The normalized spacial score (nSPS) is 12.4. The SMILES string of the molecule is Cc1cc(C)c(OCCOCCN[C@@H](C)CO)c(C)c1. The second-order valence-corrected chi connectivity index (χ2v) is 5.23. The van der Waals surface area contributed by atoms with Crippen LogP contribution < -0.4 is 10.1 Å². The van der Waals surface area contributed by atoms with Crippen molar-refractivity contribution in [3.05, 3.63) is 28.8 Å². The molecule has 0 aliphatic carbocycles. The summed E-state index contributed by atoms with van der Waals surface area (Å²) >= 11 is 0. The van der Waals surface area contributed by atoms with Gasteiger partial charge in [-0.05, 0) is 38.8 Å². The molecule has 0 fully saturated rings. The third-order valence-corrected chi connectivity index (χ3v) is 3.09. The molecule has 1 atom stereocenters. The smallest absolute Gasteiger partial charge is 0.125 e. The minimum Gasteiger partial charge on any atom is -0.491 e. The van der Waals surface area contributed by atoms with E-state index in [0.29, 0.717) is 19.8 Å². The second kappa shape index (κ2) is 8.95. The van der Waals surface area contributed by atoms with Gasteiger partial charge in [0.25, 0.3) is 0 Å². The molecule has 0 unspecified atom stereocenters. The van der Waals surface area contributed by atoms with E-state index in [1.54, 1.807) is 0 Å². The van der Waals surface area contributed by atoms with Gasteiger partial charge in [0.1, 0.15) is 12.4 Å². The predicted octanol–water partition coefficient (Wildman–Crippen LogP) is 1.98. The van der Waals surface area contributed by atoms with Crippen LogP contribution >= 0.6 is 0 Å². The maximum absolute atomic E-state index is 8.85. The highest BCUT2D eigenvalue weighted by atomic mass is 16.5. The second-order valence-electron chi connectivity index (χ2n) is 5.23. The van der Waals surface area contributed by atoms with E-state index in [9.17, 15) is 0 Å². The van der Waals surface area contributed by atoms with Crippen LogP contribution in [0.4, 0.5) is 0 Å². The summed E-state index contributed by atoms with van der Waals surface area (Å²) in [5.41, 5.74) is 3.59. The molecular formula is C16H27NO3. The Kier molecular flexibility index (Phi) is 7.59. The van der Waals surface area contributed by atoms with Crippen molar-refractivity contribution in [3.63, 3.8) is 0 Å². The van der Waals surface area contributed by atoms with Gasteiger partial charge in [-0.25, -0.2) is 0 Å². The Morgan fingerprint density at radius 1 is 1.10 bits per heavy atom. The summed E-state index contributed by atoms with van der Waals surface area (Å²) < 4.78 is 11.3. The largest absolute Gasteiger partial charge is 0.491 e. The highest BCUT2D eigenvalue weighted by Gasteiger charge is 2.04. The first-order valence-electron chi connectivity index (χ1n) is 7.17. The third-order valence-electron chi connectivity index (χ3n) is 3.09. The van der Waals surface area contributed by atoms with Gasteiger partial charge in [0.2, 0.25) is 0 Å². The van der Waals surface area contributed by atoms with E-state index < -0.39 is 0 Å². The van der Waals surface area contributed by atoms with Crippen LogP contribution in [0.5, 0.6) is 5.75 Å². The van der Waals surface area contributed by atoms with Gasteiger partial charge < -0.3 is 19.9 Å². The first-order valence-corrected chi connectivity index (χ1v) is 7.17. The molecule has 0 radical (unpaired) electrons. The number of benzene rings is 1. The van der Waals surface area contributed by atoms with Crippen molar-refractivity contribution >= 4 is 0 Å². The van der Waals surface area contributed by atoms with E-state index in [-0.39, 0.29) is 12.6 Å². The number of ether oxygens (including phenoxy) is 2. The summed E-state index contributed by atoms with van der Waals surface area (Å²) in [6.45, 7) is 10.8. The molecule has 0 bridgehead atoms. The monoisotopic (exact) mass is 281 g/mol. The number of hydrogen-bond acceptors (Lipinski definition) is 4. The molecule has 114 valence electrons. The molecule has 4 nitrogen and oxygen atoms in total. The van der Waals surface area contributed by atoms with Crippen LogP contribution in [-0.2, 0) is 4.74 Å². The summed E-state index contributed by atoms with van der Waals surface area (Å²) in [5.74, 6) is 0.964. The number of aliphatic hydroxyl groups is 1. The summed E-state index contributed by atoms with van der Waals surface area (Å²) in [7, 11) is 0. The van der Waals surface area contributed by atoms with E-state index in [2.05, 4.69) is 38.2 Å². The lowest BCUT2D eigenvalue weighted by Gasteiger charge is -2.14. The zero-order valence-corrected chi connectivity index (χ0v) is 13.0. The van der Waals surface area contributed by atoms with E-state index in [1.165, 1.54) is 16.7 Å². The van der Waals surface area contributed by atoms with Crippen LogP contribution in [0, 0.1) is 20.8 Å². The molecule has 0 amide bonds. The zero-order chi connectivity index (χ0) is 15.0. The average molecular weight is 281 g/mol. The fourth-order valence-corrected chi connectivity index (χ4v) is 2.14. The number of nitrogens with one attached hydrogen (secondary N) is 1. The molecule has 2 N–H and O–H groups in total. The van der Waals surface area contributed by atoms with Crippen LogP contribution in [0.25, 0.3) is 0 Å². The molecule has 1 aromatic rings. The summed E-state index contributed by atoms with van der Waals surface area (Å²) in [6, 6.07) is 4.37. The van der Waals surface area contributed by atoms with Gasteiger partial charge in [-0.2, -0.15) is 0 Å². The maximum Gasteiger partial charge on any atom is 0.125 e. The molecule has 0 heterocycles. The van der Waals surface area contributed by atoms with Crippen LogP contribution in [-0.4, -0.2) is 44.1 Å². The minimum absolute atomic E-state index is 0.118. The molecule has 0 saturated carbocycles. The van der Waals surface area contributed by atoms with E-state index in [0.717, 1.165) is 12.3 Å². The Morgan fingerprint density at radius 2 is 1.75 bits per heavy atom. The quantitative estimate of drug-likeness (QED) is 0.680. The first-order chi connectivity index (χ1) is 9.54. The van der Waals surface area contributed by atoms with Crippen molar-refractivity contribution in [1.29, 1.82) is 0 Å². The molecular weight excluding hydrogens is 254 g/mol. The molecule has 1 rings (SSSR count). The molecule has 4 heteroatoms. The van der Waals surface area contributed by atoms with Crippen LogP contribution in [0.2, 0.25) is 0 Å². The van der Waals surface area contributed by atoms with Crippen molar-refractivity contribution in [2.24, 2.45) is 0 Å². The Balaban J connectivity index is 2.19. The van der Waals surface area contributed by atoms with Crippen molar-refractivity contribution in [3.8, 4) is 5.75 Å². The van der Waals surface area contributed by atoms with E-state index in [4.69, 9.17) is 14.6 Å². The summed E-state index contributed by atoms with van der Waals surface area (Å²) in [6.07, 6.45) is 0. The van der Waals surface area contributed by atoms with Gasteiger partial charge in [-0.15, -0.1) is 0 Å². The predicted molar refractivity (Wildman–Crippen MR) is 81.5 cm³/mol. The lowest BCUT2D eigenvalue weighted by Crippen LogP contribution is -2.32. The highest BCUT2D eigenvalue weighted by Crippen LogP contribution is 2.24. The molecule has 1 aromatic carbocycles.